The molecule has 6 heteroatoms. The van der Waals surface area contributed by atoms with Crippen LogP contribution in [0.1, 0.15) is 22.1 Å². The van der Waals surface area contributed by atoms with Crippen molar-refractivity contribution >= 4 is 39.5 Å². The van der Waals surface area contributed by atoms with Crippen molar-refractivity contribution in [3.63, 3.8) is 0 Å². The van der Waals surface area contributed by atoms with Crippen LogP contribution in [0.5, 0.6) is 11.5 Å². The predicted octanol–water partition coefficient (Wildman–Crippen LogP) is 5.62. The first-order valence-electron chi connectivity index (χ1n) is 8.11. The van der Waals surface area contributed by atoms with Crippen LogP contribution < -0.4 is 9.47 Å². The van der Waals surface area contributed by atoms with Crippen LogP contribution in [0.2, 0.25) is 0 Å². The van der Waals surface area contributed by atoms with Crippen molar-refractivity contribution in [2.24, 2.45) is 0 Å². The summed E-state index contributed by atoms with van der Waals surface area (Å²) < 4.78 is 25.9. The van der Waals surface area contributed by atoms with E-state index in [-0.39, 0.29) is 11.0 Å². The Kier molecular flexibility index (Phi) is 6.16. The van der Waals surface area contributed by atoms with Gasteiger partial charge in [0.05, 0.1) is 14.2 Å². The molecule has 0 aliphatic heterocycles. The summed E-state index contributed by atoms with van der Waals surface area (Å²) in [7, 11) is 2.91. The third kappa shape index (κ3) is 3.86. The number of halogens is 1. The molecule has 1 aromatic heterocycles. The van der Waals surface area contributed by atoms with Crippen molar-refractivity contribution in [2.45, 2.75) is 17.4 Å². The van der Waals surface area contributed by atoms with E-state index in [2.05, 4.69) is 12.1 Å². The number of methoxy groups -OCH3 is 2. The van der Waals surface area contributed by atoms with Crippen molar-refractivity contribution in [1.82, 2.24) is 0 Å². The highest BCUT2D eigenvalue weighted by molar-refractivity contribution is 7.98. The number of benzene rings is 2. The third-order valence-electron chi connectivity index (χ3n) is 4.05. The minimum Gasteiger partial charge on any atom is -0.493 e. The number of rotatable bonds is 8. The topological polar surface area (TPSA) is 35.5 Å². The van der Waals surface area contributed by atoms with Gasteiger partial charge in [-0.1, -0.05) is 30.3 Å². The molecule has 136 valence electrons. The summed E-state index contributed by atoms with van der Waals surface area (Å²) in [6, 6.07) is 13.7. The molecule has 3 nitrogen and oxygen atoms in total. The molecule has 0 fully saturated rings. The second-order valence-corrected chi connectivity index (χ2v) is 7.98. The summed E-state index contributed by atoms with van der Waals surface area (Å²) >= 11 is 3.18. The average molecular weight is 391 g/mol. The van der Waals surface area contributed by atoms with E-state index in [0.29, 0.717) is 17.6 Å². The van der Waals surface area contributed by atoms with Crippen LogP contribution in [0.25, 0.3) is 10.1 Å². The van der Waals surface area contributed by atoms with Gasteiger partial charge < -0.3 is 14.3 Å². The van der Waals surface area contributed by atoms with Gasteiger partial charge in [0, 0.05) is 38.5 Å². The normalized spacial score (nSPS) is 12.1. The maximum Gasteiger partial charge on any atom is 0.197 e. The number of hydrogen-bond donors (Lipinski definition) is 0. The minimum absolute atomic E-state index is 0.0125. The van der Waals surface area contributed by atoms with Crippen LogP contribution in [0.3, 0.4) is 0 Å². The second-order valence-electron chi connectivity index (χ2n) is 5.67. The first-order valence-corrected chi connectivity index (χ1v) is 9.97. The Bertz CT molecular complexity index is 893. The fourth-order valence-corrected chi connectivity index (χ4v) is 5.21. The number of ether oxygens (including phenoxy) is 2. The fourth-order valence-electron chi connectivity index (χ4n) is 2.74. The van der Waals surface area contributed by atoms with E-state index in [0.717, 1.165) is 21.6 Å². The zero-order valence-electron chi connectivity index (χ0n) is 14.5. The van der Waals surface area contributed by atoms with Crippen LogP contribution >= 0.6 is 23.1 Å². The van der Waals surface area contributed by atoms with E-state index < -0.39 is 5.82 Å². The summed E-state index contributed by atoms with van der Waals surface area (Å²) in [6.45, 7) is 0. The Hall–Kier alpha value is -2.05. The lowest BCUT2D eigenvalue weighted by molar-refractivity contribution is -0.107. The molecule has 1 heterocycles. The molecule has 0 saturated carbocycles. The molecule has 0 bridgehead atoms. The summed E-state index contributed by atoms with van der Waals surface area (Å²) in [5.74, 6) is 0.841. The molecule has 0 N–H and O–H groups in total. The van der Waals surface area contributed by atoms with E-state index in [1.165, 1.54) is 31.1 Å². The highest BCUT2D eigenvalue weighted by Crippen LogP contribution is 2.44. The van der Waals surface area contributed by atoms with Crippen LogP contribution in [-0.4, -0.2) is 20.5 Å². The molecule has 0 aliphatic carbocycles. The first kappa shape index (κ1) is 18.7. The van der Waals surface area contributed by atoms with Crippen LogP contribution in [0.4, 0.5) is 4.39 Å². The van der Waals surface area contributed by atoms with Gasteiger partial charge in [-0.15, -0.1) is 23.1 Å². The van der Waals surface area contributed by atoms with Crippen molar-refractivity contribution in [2.75, 3.05) is 14.2 Å². The van der Waals surface area contributed by atoms with Crippen LogP contribution in [0, 0.1) is 5.82 Å². The summed E-state index contributed by atoms with van der Waals surface area (Å²) in [6.07, 6.45) is 1.31. The van der Waals surface area contributed by atoms with E-state index in [4.69, 9.17) is 9.47 Å². The zero-order valence-corrected chi connectivity index (χ0v) is 16.2. The Morgan fingerprint density at radius 1 is 1.19 bits per heavy atom. The lowest BCUT2D eigenvalue weighted by Crippen LogP contribution is -1.94. The quantitative estimate of drug-likeness (QED) is 0.468. The van der Waals surface area contributed by atoms with Gasteiger partial charge in [-0.3, -0.25) is 0 Å². The largest absolute Gasteiger partial charge is 0.493 e. The van der Waals surface area contributed by atoms with Gasteiger partial charge in [0.2, 0.25) is 0 Å². The van der Waals surface area contributed by atoms with Gasteiger partial charge in [0.15, 0.2) is 17.3 Å². The maximum absolute atomic E-state index is 14.8. The molecule has 3 aromatic rings. The number of thioether (sulfide) groups is 1. The number of fused-ring (bicyclic) bond motifs is 1. The van der Waals surface area contributed by atoms with Crippen molar-refractivity contribution in [3.05, 3.63) is 58.7 Å². The standard InChI is InChI=1S/C20H19FO3S2/c1-23-15-11-17-14(19(21)20(15)24-2)10-18(26-17)16(8-9-22)25-12-13-6-4-3-5-7-13/h3-7,9-11,16H,8,12H2,1-2H3/t16-/m0/s1. The predicted molar refractivity (Wildman–Crippen MR) is 106 cm³/mol. The lowest BCUT2D eigenvalue weighted by atomic mass is 10.2. The second kappa shape index (κ2) is 8.56. The van der Waals surface area contributed by atoms with Crippen molar-refractivity contribution < 1.29 is 18.7 Å². The fraction of sp³-hybridized carbons (Fsp3) is 0.250. The number of hydrogen-bond acceptors (Lipinski definition) is 5. The number of aldehydes is 1. The Balaban J connectivity index is 1.92. The van der Waals surface area contributed by atoms with Gasteiger partial charge in [-0.2, -0.15) is 0 Å². The van der Waals surface area contributed by atoms with Gasteiger partial charge >= 0.3 is 0 Å². The lowest BCUT2D eigenvalue weighted by Gasteiger charge is -2.12. The van der Waals surface area contributed by atoms with E-state index in [1.54, 1.807) is 17.8 Å². The number of carbonyl (C=O) groups is 1. The van der Waals surface area contributed by atoms with Crippen molar-refractivity contribution in [1.29, 1.82) is 0 Å². The highest BCUT2D eigenvalue weighted by Gasteiger charge is 2.21. The average Bonchev–Trinajstić information content (AvgIpc) is 3.10. The molecule has 0 unspecified atom stereocenters. The molecule has 0 spiro atoms. The number of carbonyl (C=O) groups excluding carboxylic acids is 1. The van der Waals surface area contributed by atoms with Crippen LogP contribution in [0.15, 0.2) is 42.5 Å². The minimum atomic E-state index is -0.428. The van der Waals surface area contributed by atoms with Gasteiger partial charge in [0.25, 0.3) is 0 Å². The third-order valence-corrected chi connectivity index (χ3v) is 6.74. The molecule has 0 amide bonds. The van der Waals surface area contributed by atoms with E-state index in [9.17, 15) is 9.18 Å². The molecule has 0 saturated heterocycles. The molecule has 2 aromatic carbocycles. The smallest absolute Gasteiger partial charge is 0.197 e. The van der Waals surface area contributed by atoms with Gasteiger partial charge in [-0.25, -0.2) is 4.39 Å². The highest BCUT2D eigenvalue weighted by atomic mass is 32.2. The van der Waals surface area contributed by atoms with Gasteiger partial charge in [0.1, 0.15) is 6.29 Å². The Morgan fingerprint density at radius 3 is 2.62 bits per heavy atom. The molecular weight excluding hydrogens is 371 g/mol. The monoisotopic (exact) mass is 390 g/mol. The van der Waals surface area contributed by atoms with Crippen LogP contribution in [-0.2, 0) is 10.5 Å². The molecule has 3 rings (SSSR count). The summed E-state index contributed by atoms with van der Waals surface area (Å²) in [5.41, 5.74) is 1.20. The molecule has 0 aliphatic rings. The molecular formula is C20H19FO3S2. The Labute approximate surface area is 160 Å². The van der Waals surface area contributed by atoms with Gasteiger partial charge in [-0.05, 0) is 11.6 Å². The summed E-state index contributed by atoms with van der Waals surface area (Å²) in [5, 5.41) is 0.486. The first-order chi connectivity index (χ1) is 12.7. The van der Waals surface area contributed by atoms with E-state index >= 15 is 0 Å². The summed E-state index contributed by atoms with van der Waals surface area (Å²) in [4.78, 5) is 12.1. The Morgan fingerprint density at radius 2 is 1.96 bits per heavy atom. The molecule has 26 heavy (non-hydrogen) atoms. The zero-order chi connectivity index (χ0) is 18.5. The number of thiophene rings is 1. The molecule has 1 atom stereocenters. The molecule has 0 radical (unpaired) electrons. The van der Waals surface area contributed by atoms with Crippen molar-refractivity contribution in [3.8, 4) is 11.5 Å². The maximum atomic E-state index is 14.8. The van der Waals surface area contributed by atoms with E-state index in [1.807, 2.05) is 24.3 Å². The SMILES string of the molecule is COc1cc2sc([C@H](CC=O)SCc3ccccc3)cc2c(F)c1OC.